The second-order valence-corrected chi connectivity index (χ2v) is 13.0. The smallest absolute Gasteiger partial charge is 0.254 e. The van der Waals surface area contributed by atoms with E-state index >= 15 is 0 Å². The molecule has 2 saturated heterocycles. The number of amidine groups is 1. The Balaban J connectivity index is 1.27. The van der Waals surface area contributed by atoms with Crippen molar-refractivity contribution in [1.29, 1.82) is 0 Å². The van der Waals surface area contributed by atoms with E-state index in [9.17, 15) is 13.2 Å². The lowest BCUT2D eigenvalue weighted by atomic mass is 10.1. The van der Waals surface area contributed by atoms with Gasteiger partial charge in [-0.1, -0.05) is 35.5 Å². The van der Waals surface area contributed by atoms with Crippen LogP contribution in [-0.2, 0) is 9.84 Å². The number of nitrogens with zero attached hydrogens (tertiary/aromatic N) is 3. The van der Waals surface area contributed by atoms with E-state index in [0.717, 1.165) is 6.54 Å². The molecule has 180 valence electrons. The molecule has 0 aromatic heterocycles. The van der Waals surface area contributed by atoms with Crippen LogP contribution >= 0.6 is 23.4 Å². The van der Waals surface area contributed by atoms with Crippen LogP contribution in [0.25, 0.3) is 0 Å². The average molecular weight is 519 g/mol. The number of thioether (sulfide) groups is 1. The van der Waals surface area contributed by atoms with Crippen molar-refractivity contribution in [3.05, 3.63) is 58.6 Å². The molecule has 5 rings (SSSR count). The van der Waals surface area contributed by atoms with Crippen molar-refractivity contribution in [2.24, 2.45) is 4.99 Å². The highest BCUT2D eigenvalue weighted by Crippen LogP contribution is 2.36. The number of nitrogens with one attached hydrogen (secondary N) is 1. The number of carbonyl (C=O) groups is 1. The third kappa shape index (κ3) is 4.78. The fourth-order valence-corrected chi connectivity index (χ4v) is 8.63. The van der Waals surface area contributed by atoms with Crippen molar-refractivity contribution in [3.8, 4) is 0 Å². The molecule has 0 spiro atoms. The summed E-state index contributed by atoms with van der Waals surface area (Å²) in [5.41, 5.74) is 3.58. The van der Waals surface area contributed by atoms with Gasteiger partial charge in [0.2, 0.25) is 0 Å². The van der Waals surface area contributed by atoms with Crippen LogP contribution in [0.4, 0.5) is 11.4 Å². The highest BCUT2D eigenvalue weighted by Gasteiger charge is 2.42. The van der Waals surface area contributed by atoms with Gasteiger partial charge in [0.1, 0.15) is 0 Å². The lowest BCUT2D eigenvalue weighted by Crippen LogP contribution is -2.53. The number of rotatable bonds is 3. The molecule has 1 N–H and O–H groups in total. The van der Waals surface area contributed by atoms with Crippen LogP contribution < -0.4 is 10.2 Å². The Morgan fingerprint density at radius 3 is 2.74 bits per heavy atom. The number of benzene rings is 2. The molecule has 3 heterocycles. The van der Waals surface area contributed by atoms with E-state index in [1.807, 2.05) is 4.90 Å². The summed E-state index contributed by atoms with van der Waals surface area (Å²) in [7, 11) is -3.00. The van der Waals surface area contributed by atoms with Gasteiger partial charge in [0.25, 0.3) is 5.91 Å². The summed E-state index contributed by atoms with van der Waals surface area (Å²) >= 11 is 7.83. The third-order valence-corrected chi connectivity index (χ3v) is 9.99. The van der Waals surface area contributed by atoms with Crippen LogP contribution in [0, 0.1) is 6.92 Å². The van der Waals surface area contributed by atoms with Crippen LogP contribution in [-0.4, -0.2) is 72.9 Å². The largest absolute Gasteiger partial charge is 0.365 e. The van der Waals surface area contributed by atoms with Gasteiger partial charge in [-0.2, -0.15) is 0 Å². The number of anilines is 2. The standard InChI is InChI=1S/C24H27ClN4O3S2/c1-15-4-3-5-18(10-15)29-9-8-28(12-16(29)2)23(30)17-6-7-19(25)20(11-17)26-24-27-21-13-34(31,32)14-22(21)33-24/h3-7,10-11,16,21-22H,8-9,12-14H2,1-2H3,(H,26,27)/t16-,21+,22-/m0/s1. The summed E-state index contributed by atoms with van der Waals surface area (Å²) < 4.78 is 23.6. The van der Waals surface area contributed by atoms with Crippen LogP contribution in [0.1, 0.15) is 22.8 Å². The monoisotopic (exact) mass is 518 g/mol. The van der Waals surface area contributed by atoms with E-state index < -0.39 is 9.84 Å². The quantitative estimate of drug-likeness (QED) is 0.667. The summed E-state index contributed by atoms with van der Waals surface area (Å²) in [6, 6.07) is 13.7. The number of sulfone groups is 1. The molecule has 0 saturated carbocycles. The molecule has 3 aliphatic rings. The maximum atomic E-state index is 13.3. The summed E-state index contributed by atoms with van der Waals surface area (Å²) in [6.45, 7) is 6.28. The first-order valence-corrected chi connectivity index (χ1v) is 14.4. The summed E-state index contributed by atoms with van der Waals surface area (Å²) in [5.74, 6) is 0.213. The molecule has 2 fully saturated rings. The number of amides is 1. The van der Waals surface area contributed by atoms with E-state index in [1.165, 1.54) is 23.0 Å². The molecule has 1 amide bonds. The molecule has 0 unspecified atom stereocenters. The first-order chi connectivity index (χ1) is 16.2. The van der Waals surface area contributed by atoms with Gasteiger partial charge in [-0.3, -0.25) is 9.79 Å². The number of halogens is 1. The number of carbonyl (C=O) groups excluding carboxylic acids is 1. The highest BCUT2D eigenvalue weighted by molar-refractivity contribution is 8.15. The third-order valence-electron chi connectivity index (χ3n) is 6.52. The molecular formula is C24H27ClN4O3S2. The first-order valence-electron chi connectivity index (χ1n) is 11.3. The van der Waals surface area contributed by atoms with Crippen molar-refractivity contribution in [2.45, 2.75) is 31.2 Å². The Labute approximate surface area is 209 Å². The van der Waals surface area contributed by atoms with Crippen molar-refractivity contribution >= 4 is 55.6 Å². The van der Waals surface area contributed by atoms with E-state index in [2.05, 4.69) is 53.3 Å². The van der Waals surface area contributed by atoms with Crippen LogP contribution in [0.15, 0.2) is 47.5 Å². The molecule has 7 nitrogen and oxygen atoms in total. The van der Waals surface area contributed by atoms with E-state index in [4.69, 9.17) is 11.6 Å². The number of piperazine rings is 1. The van der Waals surface area contributed by atoms with Gasteiger partial charge in [-0.05, 0) is 49.7 Å². The zero-order valence-electron chi connectivity index (χ0n) is 19.1. The Hall–Kier alpha value is -2.23. The lowest BCUT2D eigenvalue weighted by Gasteiger charge is -2.41. The van der Waals surface area contributed by atoms with Crippen LogP contribution in [0.2, 0.25) is 5.02 Å². The van der Waals surface area contributed by atoms with Crippen molar-refractivity contribution in [2.75, 3.05) is 41.4 Å². The number of fused-ring (bicyclic) bond motifs is 1. The predicted octanol–water partition coefficient (Wildman–Crippen LogP) is 3.68. The molecule has 3 aliphatic heterocycles. The number of aliphatic imine (C=N–C) groups is 1. The summed E-state index contributed by atoms with van der Waals surface area (Å²) in [6.07, 6.45) is 0. The minimum Gasteiger partial charge on any atom is -0.365 e. The normalized spacial score (nSPS) is 25.7. The molecule has 0 bridgehead atoms. The minimum atomic E-state index is -3.00. The molecule has 2 aromatic carbocycles. The van der Waals surface area contributed by atoms with Crippen LogP contribution in [0.5, 0.6) is 0 Å². The molecule has 10 heteroatoms. The molecule has 34 heavy (non-hydrogen) atoms. The van der Waals surface area contributed by atoms with Crippen molar-refractivity contribution in [1.82, 2.24) is 4.90 Å². The Kier molecular flexibility index (Phi) is 6.29. The second-order valence-electron chi connectivity index (χ2n) is 9.19. The maximum Gasteiger partial charge on any atom is 0.254 e. The van der Waals surface area contributed by atoms with Crippen LogP contribution in [0.3, 0.4) is 0 Å². The van der Waals surface area contributed by atoms with Gasteiger partial charge >= 0.3 is 0 Å². The first kappa shape index (κ1) is 23.5. The Morgan fingerprint density at radius 1 is 1.18 bits per heavy atom. The fraction of sp³-hybridized carbons (Fsp3) is 0.417. The molecule has 0 radical (unpaired) electrons. The topological polar surface area (TPSA) is 82.1 Å². The zero-order valence-corrected chi connectivity index (χ0v) is 21.5. The minimum absolute atomic E-state index is 0.0283. The lowest BCUT2D eigenvalue weighted by molar-refractivity contribution is 0.0726. The Bertz CT molecular complexity index is 1270. The van der Waals surface area contributed by atoms with Gasteiger partial charge in [-0.15, -0.1) is 0 Å². The fourth-order valence-electron chi connectivity index (χ4n) is 4.80. The van der Waals surface area contributed by atoms with Gasteiger partial charge in [0, 0.05) is 42.2 Å². The van der Waals surface area contributed by atoms with Gasteiger partial charge in [0.15, 0.2) is 15.0 Å². The van der Waals surface area contributed by atoms with Crippen molar-refractivity contribution in [3.63, 3.8) is 0 Å². The molecule has 0 aliphatic carbocycles. The molecular weight excluding hydrogens is 492 g/mol. The average Bonchev–Trinajstić information content (AvgIpc) is 3.27. The Morgan fingerprint density at radius 2 is 2.00 bits per heavy atom. The summed E-state index contributed by atoms with van der Waals surface area (Å²) in [4.78, 5) is 22.1. The maximum absolute atomic E-state index is 13.3. The number of hydrogen-bond acceptors (Lipinski definition) is 7. The van der Waals surface area contributed by atoms with Gasteiger partial charge in [-0.25, -0.2) is 8.42 Å². The highest BCUT2D eigenvalue weighted by atomic mass is 35.5. The van der Waals surface area contributed by atoms with E-state index in [1.54, 1.807) is 18.2 Å². The second kappa shape index (κ2) is 9.09. The van der Waals surface area contributed by atoms with E-state index in [-0.39, 0.29) is 34.7 Å². The molecule has 2 aromatic rings. The number of aryl methyl sites for hydroxylation is 1. The van der Waals surface area contributed by atoms with Crippen molar-refractivity contribution < 1.29 is 13.2 Å². The predicted molar refractivity (Wildman–Crippen MR) is 140 cm³/mol. The SMILES string of the molecule is Cc1cccc(N2CCN(C(=O)c3ccc(Cl)c(NC4=N[C@@H]5CS(=O)(=O)C[C@@H]5S4)c3)C[C@@H]2C)c1. The van der Waals surface area contributed by atoms with Gasteiger partial charge in [0.05, 0.1) is 28.3 Å². The van der Waals surface area contributed by atoms with Gasteiger partial charge < -0.3 is 15.1 Å². The van der Waals surface area contributed by atoms with E-state index in [0.29, 0.717) is 34.5 Å². The number of hydrogen-bond donors (Lipinski definition) is 1. The zero-order chi connectivity index (χ0) is 24.0. The summed E-state index contributed by atoms with van der Waals surface area (Å²) in [5, 5.41) is 4.30. The molecule has 3 atom stereocenters.